The Morgan fingerprint density at radius 1 is 1.03 bits per heavy atom. The van der Waals surface area contributed by atoms with E-state index in [1.54, 1.807) is 18.2 Å². The Kier molecular flexibility index (Phi) is 7.50. The van der Waals surface area contributed by atoms with Crippen LogP contribution in [0.4, 0.5) is 5.69 Å². The summed E-state index contributed by atoms with van der Waals surface area (Å²) in [6.07, 6.45) is 0.328. The number of anilines is 1. The van der Waals surface area contributed by atoms with Crippen molar-refractivity contribution in [2.24, 2.45) is 0 Å². The van der Waals surface area contributed by atoms with Gasteiger partial charge < -0.3 is 9.64 Å². The van der Waals surface area contributed by atoms with Gasteiger partial charge in [0.15, 0.2) is 0 Å². The van der Waals surface area contributed by atoms with Crippen molar-refractivity contribution in [1.82, 2.24) is 4.90 Å². The molecule has 0 spiro atoms. The van der Waals surface area contributed by atoms with Gasteiger partial charge in [0.25, 0.3) is 11.8 Å². The molecule has 1 fully saturated rings. The Hall–Kier alpha value is -3.97. The Balaban J connectivity index is 1.63. The predicted octanol–water partition coefficient (Wildman–Crippen LogP) is 4.45. The number of rotatable bonds is 7. The largest absolute Gasteiger partial charge is 0.465 e. The van der Waals surface area contributed by atoms with Gasteiger partial charge in [-0.15, -0.1) is 0 Å². The number of nitrogens with zero attached hydrogens (tertiary/aromatic N) is 2. The molecule has 7 nitrogen and oxygen atoms in total. The SMILES string of the molecule is COC(=O)c1ccc(N2C(=O)CC(N(CCc3cccc(Cl)c3)C(=O)c3ccccc3C)C2=O)cc1. The molecule has 1 saturated heterocycles. The van der Waals surface area contributed by atoms with E-state index in [-0.39, 0.29) is 18.9 Å². The number of carbonyl (C=O) groups is 4. The molecule has 1 aliphatic heterocycles. The molecule has 3 aromatic rings. The normalized spacial score (nSPS) is 15.2. The van der Waals surface area contributed by atoms with Crippen LogP contribution in [-0.2, 0) is 20.7 Å². The molecule has 0 N–H and O–H groups in total. The van der Waals surface area contributed by atoms with Gasteiger partial charge in [0.2, 0.25) is 5.91 Å². The minimum absolute atomic E-state index is 0.134. The smallest absolute Gasteiger partial charge is 0.337 e. The van der Waals surface area contributed by atoms with Crippen molar-refractivity contribution in [2.45, 2.75) is 25.8 Å². The van der Waals surface area contributed by atoms with E-state index in [9.17, 15) is 19.2 Å². The molecule has 0 aliphatic carbocycles. The maximum Gasteiger partial charge on any atom is 0.337 e. The summed E-state index contributed by atoms with van der Waals surface area (Å²) < 4.78 is 4.70. The summed E-state index contributed by atoms with van der Waals surface area (Å²) in [6.45, 7) is 2.06. The van der Waals surface area contributed by atoms with E-state index in [1.807, 2.05) is 37.3 Å². The minimum atomic E-state index is -0.955. The second kappa shape index (κ2) is 10.7. The highest BCUT2D eigenvalue weighted by Gasteiger charge is 2.44. The molecule has 36 heavy (non-hydrogen) atoms. The molecule has 8 heteroatoms. The van der Waals surface area contributed by atoms with E-state index in [0.29, 0.717) is 28.3 Å². The summed E-state index contributed by atoms with van der Waals surface area (Å²) in [6, 6.07) is 19.5. The number of hydrogen-bond acceptors (Lipinski definition) is 5. The molecule has 0 bridgehead atoms. The van der Waals surface area contributed by atoms with Crippen LogP contribution >= 0.6 is 11.6 Å². The van der Waals surface area contributed by atoms with Gasteiger partial charge in [-0.1, -0.05) is 41.9 Å². The van der Waals surface area contributed by atoms with E-state index in [0.717, 1.165) is 16.0 Å². The van der Waals surface area contributed by atoms with Gasteiger partial charge in [0.05, 0.1) is 24.8 Å². The van der Waals surface area contributed by atoms with Gasteiger partial charge >= 0.3 is 5.97 Å². The molecule has 1 heterocycles. The van der Waals surface area contributed by atoms with E-state index in [1.165, 1.54) is 36.3 Å². The number of halogens is 1. The van der Waals surface area contributed by atoms with Crippen LogP contribution in [0.2, 0.25) is 5.02 Å². The summed E-state index contributed by atoms with van der Waals surface area (Å²) in [4.78, 5) is 54.4. The topological polar surface area (TPSA) is 84.0 Å². The van der Waals surface area contributed by atoms with Gasteiger partial charge in [-0.2, -0.15) is 0 Å². The lowest BCUT2D eigenvalue weighted by molar-refractivity contribution is -0.122. The second-order valence-electron chi connectivity index (χ2n) is 8.52. The fourth-order valence-corrected chi connectivity index (χ4v) is 4.52. The predicted molar refractivity (Wildman–Crippen MR) is 136 cm³/mol. The maximum atomic E-state index is 13.7. The average molecular weight is 505 g/mol. The highest BCUT2D eigenvalue weighted by molar-refractivity contribution is 6.30. The van der Waals surface area contributed by atoms with Crippen molar-refractivity contribution in [3.8, 4) is 0 Å². The first kappa shape index (κ1) is 25.1. The van der Waals surface area contributed by atoms with Gasteiger partial charge in [0, 0.05) is 17.1 Å². The summed E-state index contributed by atoms with van der Waals surface area (Å²) in [7, 11) is 1.28. The highest BCUT2D eigenvalue weighted by atomic mass is 35.5. The molecule has 1 unspecified atom stereocenters. The molecule has 0 radical (unpaired) electrons. The maximum absolute atomic E-state index is 13.7. The Morgan fingerprint density at radius 2 is 1.75 bits per heavy atom. The standard InChI is InChI=1S/C28H25ClN2O5/c1-18-6-3-4-9-23(18)26(33)30(15-14-19-7-5-8-21(29)16-19)24-17-25(32)31(27(24)34)22-12-10-20(11-13-22)28(35)36-2/h3-13,16,24H,14-15,17H2,1-2H3. The minimum Gasteiger partial charge on any atom is -0.465 e. The lowest BCUT2D eigenvalue weighted by atomic mass is 10.0. The van der Waals surface area contributed by atoms with E-state index >= 15 is 0 Å². The number of hydrogen-bond donors (Lipinski definition) is 0. The number of aryl methyl sites for hydroxylation is 1. The lowest BCUT2D eigenvalue weighted by Crippen LogP contribution is -2.46. The third-order valence-electron chi connectivity index (χ3n) is 6.21. The van der Waals surface area contributed by atoms with Crippen molar-refractivity contribution in [3.05, 3.63) is 100 Å². The number of methoxy groups -OCH3 is 1. The average Bonchev–Trinajstić information content (AvgIpc) is 3.17. The molecular weight excluding hydrogens is 480 g/mol. The van der Waals surface area contributed by atoms with Crippen molar-refractivity contribution >= 4 is 41.0 Å². The molecule has 0 aromatic heterocycles. The first-order valence-corrected chi connectivity index (χ1v) is 11.8. The third kappa shape index (κ3) is 5.16. The van der Waals surface area contributed by atoms with E-state index in [4.69, 9.17) is 16.3 Å². The van der Waals surface area contributed by atoms with Crippen LogP contribution in [0.1, 0.15) is 38.3 Å². The number of carbonyl (C=O) groups excluding carboxylic acids is 4. The molecular formula is C28H25ClN2O5. The van der Waals surface area contributed by atoms with Crippen LogP contribution in [0.15, 0.2) is 72.8 Å². The van der Waals surface area contributed by atoms with E-state index in [2.05, 4.69) is 0 Å². The van der Waals surface area contributed by atoms with Gasteiger partial charge in [0.1, 0.15) is 6.04 Å². The van der Waals surface area contributed by atoms with Gasteiger partial charge in [-0.05, 0) is 66.9 Å². The van der Waals surface area contributed by atoms with Crippen LogP contribution in [0.5, 0.6) is 0 Å². The number of amides is 3. The fourth-order valence-electron chi connectivity index (χ4n) is 4.30. The summed E-state index contributed by atoms with van der Waals surface area (Å²) in [5.74, 6) is -1.74. The molecule has 184 valence electrons. The van der Waals surface area contributed by atoms with Crippen LogP contribution in [0.25, 0.3) is 0 Å². The van der Waals surface area contributed by atoms with Crippen molar-refractivity contribution in [3.63, 3.8) is 0 Å². The van der Waals surface area contributed by atoms with Crippen LogP contribution in [0, 0.1) is 6.92 Å². The monoisotopic (exact) mass is 504 g/mol. The van der Waals surface area contributed by atoms with Crippen LogP contribution < -0.4 is 4.90 Å². The summed E-state index contributed by atoms with van der Waals surface area (Å²) >= 11 is 6.12. The van der Waals surface area contributed by atoms with Gasteiger partial charge in [-0.3, -0.25) is 14.4 Å². The van der Waals surface area contributed by atoms with Crippen molar-refractivity contribution in [1.29, 1.82) is 0 Å². The van der Waals surface area contributed by atoms with Gasteiger partial charge in [-0.25, -0.2) is 9.69 Å². The number of benzene rings is 3. The quantitative estimate of drug-likeness (QED) is 0.350. The first-order valence-electron chi connectivity index (χ1n) is 11.5. The van der Waals surface area contributed by atoms with Crippen molar-refractivity contribution < 1.29 is 23.9 Å². The summed E-state index contributed by atoms with van der Waals surface area (Å²) in [5.41, 5.74) is 2.80. The Morgan fingerprint density at radius 3 is 2.42 bits per heavy atom. The molecule has 3 aromatic carbocycles. The highest BCUT2D eigenvalue weighted by Crippen LogP contribution is 2.28. The van der Waals surface area contributed by atoms with E-state index < -0.39 is 23.8 Å². The van der Waals surface area contributed by atoms with Crippen LogP contribution in [0.3, 0.4) is 0 Å². The zero-order chi connectivity index (χ0) is 25.8. The molecule has 3 amide bonds. The lowest BCUT2D eigenvalue weighted by Gasteiger charge is -2.28. The van der Waals surface area contributed by atoms with Crippen LogP contribution in [-0.4, -0.2) is 48.3 Å². The number of esters is 1. The molecule has 1 atom stereocenters. The zero-order valence-corrected chi connectivity index (χ0v) is 20.7. The Bertz CT molecular complexity index is 1320. The first-order chi connectivity index (χ1) is 17.3. The summed E-state index contributed by atoms with van der Waals surface area (Å²) in [5, 5.41) is 0.581. The molecule has 0 saturated carbocycles. The number of imide groups is 1. The molecule has 1 aliphatic rings. The third-order valence-corrected chi connectivity index (χ3v) is 6.45. The Labute approximate surface area is 214 Å². The number of ether oxygens (including phenoxy) is 1. The second-order valence-corrected chi connectivity index (χ2v) is 8.96. The fraction of sp³-hybridized carbons (Fsp3) is 0.214. The molecule has 4 rings (SSSR count). The van der Waals surface area contributed by atoms with Crippen molar-refractivity contribution in [2.75, 3.05) is 18.6 Å². The zero-order valence-electron chi connectivity index (χ0n) is 19.9.